The lowest BCUT2D eigenvalue weighted by Crippen LogP contribution is -2.44. The molecule has 0 N–H and O–H groups in total. The molecule has 1 rings (SSSR count). The van der Waals surface area contributed by atoms with E-state index >= 15 is 0 Å². The van der Waals surface area contributed by atoms with Crippen LogP contribution in [0.4, 0.5) is 0 Å². The van der Waals surface area contributed by atoms with Gasteiger partial charge in [0, 0.05) is 13.1 Å². The van der Waals surface area contributed by atoms with Gasteiger partial charge in [0.15, 0.2) is 0 Å². The van der Waals surface area contributed by atoms with Gasteiger partial charge < -0.3 is 9.80 Å². The highest BCUT2D eigenvalue weighted by atomic mass is 16.2. The van der Waals surface area contributed by atoms with Gasteiger partial charge in [0.1, 0.15) is 5.78 Å². The summed E-state index contributed by atoms with van der Waals surface area (Å²) in [6.45, 7) is 3.52. The standard InChI is InChI=1S/C11H20N2O2/c1-9(14)8-11(15)13(3)10-4-6-12(2)7-5-10/h10H,4-8H2,1-3H3. The van der Waals surface area contributed by atoms with Crippen molar-refractivity contribution in [3.05, 3.63) is 0 Å². The van der Waals surface area contributed by atoms with Crippen molar-refractivity contribution >= 4 is 11.7 Å². The van der Waals surface area contributed by atoms with Crippen molar-refractivity contribution in [2.45, 2.75) is 32.2 Å². The highest BCUT2D eigenvalue weighted by molar-refractivity contribution is 5.96. The Kier molecular flexibility index (Phi) is 4.27. The summed E-state index contributed by atoms with van der Waals surface area (Å²) in [4.78, 5) is 26.5. The van der Waals surface area contributed by atoms with Crippen LogP contribution in [-0.4, -0.2) is 54.7 Å². The van der Waals surface area contributed by atoms with Crippen molar-refractivity contribution < 1.29 is 9.59 Å². The number of hydrogen-bond donors (Lipinski definition) is 0. The molecule has 1 aliphatic heterocycles. The number of piperidine rings is 1. The lowest BCUT2D eigenvalue weighted by atomic mass is 10.0. The zero-order chi connectivity index (χ0) is 11.4. The van der Waals surface area contributed by atoms with Crippen molar-refractivity contribution in [3.63, 3.8) is 0 Å². The number of nitrogens with zero attached hydrogens (tertiary/aromatic N) is 2. The summed E-state index contributed by atoms with van der Waals surface area (Å²) < 4.78 is 0. The molecule has 1 fully saturated rings. The third kappa shape index (κ3) is 3.63. The van der Waals surface area contributed by atoms with E-state index in [-0.39, 0.29) is 18.1 Å². The predicted molar refractivity (Wildman–Crippen MR) is 58.6 cm³/mol. The number of amides is 1. The van der Waals surface area contributed by atoms with Gasteiger partial charge in [0.25, 0.3) is 0 Å². The van der Waals surface area contributed by atoms with E-state index in [0.29, 0.717) is 6.04 Å². The zero-order valence-corrected chi connectivity index (χ0v) is 9.82. The van der Waals surface area contributed by atoms with Gasteiger partial charge in [-0.1, -0.05) is 0 Å². The van der Waals surface area contributed by atoms with E-state index in [2.05, 4.69) is 11.9 Å². The fraction of sp³-hybridized carbons (Fsp3) is 0.818. The SMILES string of the molecule is CC(=O)CC(=O)N(C)C1CCN(C)CC1. The maximum absolute atomic E-state index is 11.6. The van der Waals surface area contributed by atoms with Gasteiger partial charge in [0.2, 0.25) is 5.91 Å². The molecule has 0 radical (unpaired) electrons. The number of carbonyl (C=O) groups is 2. The molecule has 0 atom stereocenters. The van der Waals surface area contributed by atoms with E-state index in [0.717, 1.165) is 25.9 Å². The molecule has 0 aromatic heterocycles. The molecule has 4 nitrogen and oxygen atoms in total. The molecule has 15 heavy (non-hydrogen) atoms. The van der Waals surface area contributed by atoms with Crippen molar-refractivity contribution in [2.75, 3.05) is 27.2 Å². The first-order valence-electron chi connectivity index (χ1n) is 5.44. The molecule has 0 aromatic rings. The lowest BCUT2D eigenvalue weighted by Gasteiger charge is -2.35. The molecular formula is C11H20N2O2. The smallest absolute Gasteiger partial charge is 0.229 e. The summed E-state index contributed by atoms with van der Waals surface area (Å²) in [6.07, 6.45) is 2.07. The Balaban J connectivity index is 2.42. The molecule has 1 amide bonds. The number of rotatable bonds is 3. The monoisotopic (exact) mass is 212 g/mol. The molecule has 4 heteroatoms. The topological polar surface area (TPSA) is 40.6 Å². The fourth-order valence-corrected chi connectivity index (χ4v) is 1.92. The first kappa shape index (κ1) is 12.2. The third-order valence-corrected chi connectivity index (χ3v) is 3.03. The average molecular weight is 212 g/mol. The second kappa shape index (κ2) is 5.26. The summed E-state index contributed by atoms with van der Waals surface area (Å²) in [5.74, 6) is -0.100. The van der Waals surface area contributed by atoms with E-state index in [1.807, 2.05) is 0 Å². The second-order valence-corrected chi connectivity index (χ2v) is 4.42. The Morgan fingerprint density at radius 1 is 1.33 bits per heavy atom. The normalized spacial score (nSPS) is 18.9. The summed E-state index contributed by atoms with van der Waals surface area (Å²) >= 11 is 0. The van der Waals surface area contributed by atoms with Gasteiger partial charge in [-0.3, -0.25) is 9.59 Å². The molecule has 1 aliphatic rings. The molecule has 1 heterocycles. The number of likely N-dealkylation sites (tertiary alicyclic amines) is 1. The summed E-state index contributed by atoms with van der Waals surface area (Å²) in [6, 6.07) is 0.313. The Bertz CT molecular complexity index is 245. The Morgan fingerprint density at radius 2 is 1.87 bits per heavy atom. The summed E-state index contributed by atoms with van der Waals surface area (Å²) in [5.41, 5.74) is 0. The van der Waals surface area contributed by atoms with Crippen molar-refractivity contribution in [1.29, 1.82) is 0 Å². The zero-order valence-electron chi connectivity index (χ0n) is 9.82. The molecule has 0 bridgehead atoms. The molecule has 0 unspecified atom stereocenters. The predicted octanol–water partition coefficient (Wildman–Crippen LogP) is 0.518. The maximum atomic E-state index is 11.6. The number of hydrogen-bond acceptors (Lipinski definition) is 3. The first-order valence-corrected chi connectivity index (χ1v) is 5.44. The van der Waals surface area contributed by atoms with Crippen LogP contribution in [0.1, 0.15) is 26.2 Å². The maximum Gasteiger partial charge on any atom is 0.229 e. The quantitative estimate of drug-likeness (QED) is 0.640. The molecule has 0 aromatic carbocycles. The minimum absolute atomic E-state index is 0.0444. The van der Waals surface area contributed by atoms with Crippen LogP contribution in [0.5, 0.6) is 0 Å². The Hall–Kier alpha value is -0.900. The fourth-order valence-electron chi connectivity index (χ4n) is 1.92. The van der Waals surface area contributed by atoms with E-state index < -0.39 is 0 Å². The van der Waals surface area contributed by atoms with E-state index in [1.165, 1.54) is 6.92 Å². The average Bonchev–Trinajstić information content (AvgIpc) is 2.17. The number of carbonyl (C=O) groups excluding carboxylic acids is 2. The molecule has 0 saturated carbocycles. The van der Waals surface area contributed by atoms with Crippen LogP contribution in [0, 0.1) is 0 Å². The van der Waals surface area contributed by atoms with E-state index in [4.69, 9.17) is 0 Å². The van der Waals surface area contributed by atoms with Crippen LogP contribution in [0.15, 0.2) is 0 Å². The lowest BCUT2D eigenvalue weighted by molar-refractivity contribution is -0.136. The van der Waals surface area contributed by atoms with Crippen LogP contribution in [-0.2, 0) is 9.59 Å². The second-order valence-electron chi connectivity index (χ2n) is 4.42. The van der Waals surface area contributed by atoms with Gasteiger partial charge >= 0.3 is 0 Å². The minimum atomic E-state index is -0.0558. The highest BCUT2D eigenvalue weighted by Gasteiger charge is 2.24. The van der Waals surface area contributed by atoms with Gasteiger partial charge in [-0.15, -0.1) is 0 Å². The number of ketones is 1. The molecule has 86 valence electrons. The minimum Gasteiger partial charge on any atom is -0.342 e. The third-order valence-electron chi connectivity index (χ3n) is 3.03. The van der Waals surface area contributed by atoms with Crippen molar-refractivity contribution in [3.8, 4) is 0 Å². The van der Waals surface area contributed by atoms with Gasteiger partial charge in [-0.2, -0.15) is 0 Å². The van der Waals surface area contributed by atoms with Crippen LogP contribution < -0.4 is 0 Å². The van der Waals surface area contributed by atoms with Crippen LogP contribution >= 0.6 is 0 Å². The first-order chi connectivity index (χ1) is 7.00. The Labute approximate surface area is 91.2 Å². The molecule has 0 spiro atoms. The van der Waals surface area contributed by atoms with Crippen LogP contribution in [0.25, 0.3) is 0 Å². The highest BCUT2D eigenvalue weighted by Crippen LogP contribution is 2.14. The van der Waals surface area contributed by atoms with Crippen LogP contribution in [0.2, 0.25) is 0 Å². The van der Waals surface area contributed by atoms with Crippen molar-refractivity contribution in [2.24, 2.45) is 0 Å². The van der Waals surface area contributed by atoms with Crippen LogP contribution in [0.3, 0.4) is 0 Å². The molecule has 0 aliphatic carbocycles. The largest absolute Gasteiger partial charge is 0.342 e. The molecule has 1 saturated heterocycles. The van der Waals surface area contributed by atoms with E-state index in [9.17, 15) is 9.59 Å². The number of Topliss-reactive ketones (excluding diaryl/α,β-unsaturated/α-hetero) is 1. The Morgan fingerprint density at radius 3 is 2.33 bits per heavy atom. The van der Waals surface area contributed by atoms with Gasteiger partial charge in [-0.25, -0.2) is 0 Å². The molecular weight excluding hydrogens is 192 g/mol. The van der Waals surface area contributed by atoms with E-state index in [1.54, 1.807) is 11.9 Å². The summed E-state index contributed by atoms with van der Waals surface area (Å²) in [7, 11) is 3.90. The van der Waals surface area contributed by atoms with Gasteiger partial charge in [-0.05, 0) is 39.9 Å². The van der Waals surface area contributed by atoms with Gasteiger partial charge in [0.05, 0.1) is 6.42 Å². The summed E-state index contributed by atoms with van der Waals surface area (Å²) in [5, 5.41) is 0. The van der Waals surface area contributed by atoms with Crippen molar-refractivity contribution in [1.82, 2.24) is 9.80 Å².